The number of aliphatic hydroxyl groups is 2. The summed E-state index contributed by atoms with van der Waals surface area (Å²) in [6.45, 7) is 1.10. The highest BCUT2D eigenvalue weighted by atomic mass is 31.2. The second-order valence-electron chi connectivity index (χ2n) is 9.12. The molecule has 0 aromatic carbocycles. The van der Waals surface area contributed by atoms with E-state index >= 15 is 0 Å². The Bertz CT molecular complexity index is 878. The molecule has 3 unspecified atom stereocenters. The number of unbranched alkanes of at least 4 members (excludes halogenated alkanes) is 3. The van der Waals surface area contributed by atoms with Crippen LogP contribution in [0.25, 0.3) is 0 Å². The Morgan fingerprint density at radius 3 is 1.85 bits per heavy atom. The molecule has 234 valence electrons. The van der Waals surface area contributed by atoms with E-state index in [1.165, 1.54) is 6.92 Å². The van der Waals surface area contributed by atoms with E-state index < -0.39 is 51.8 Å². The third-order valence-electron chi connectivity index (χ3n) is 5.24. The number of carbonyl (C=O) groups is 2. The summed E-state index contributed by atoms with van der Waals surface area (Å²) in [6.07, 6.45) is 27.3. The number of rotatable bonds is 25. The molecular weight excluding hydrogens is 551 g/mol. The lowest BCUT2D eigenvalue weighted by molar-refractivity contribution is -0.160. The second kappa shape index (κ2) is 26.6. The molecule has 0 bridgehead atoms. The minimum atomic E-state index is -4.58. The Morgan fingerprint density at radius 1 is 0.780 bits per heavy atom. The second-order valence-corrected chi connectivity index (χ2v) is 10.6. The van der Waals surface area contributed by atoms with Crippen LogP contribution in [0.4, 0.5) is 0 Å². The molecule has 0 fully saturated rings. The largest absolute Gasteiger partial charge is 0.472 e. The van der Waals surface area contributed by atoms with Gasteiger partial charge in [0.25, 0.3) is 0 Å². The maximum absolute atomic E-state index is 12.2. The number of hydrogen-bond donors (Lipinski definition) is 3. The predicted octanol–water partition coefficient (Wildman–Crippen LogP) is 5.65. The molecule has 0 radical (unpaired) electrons. The number of phosphoric ester groups is 1. The van der Waals surface area contributed by atoms with Crippen molar-refractivity contribution in [1.29, 1.82) is 0 Å². The molecule has 0 aliphatic heterocycles. The lowest BCUT2D eigenvalue weighted by Crippen LogP contribution is -2.29. The molecule has 0 saturated carbocycles. The van der Waals surface area contributed by atoms with Gasteiger partial charge in [0.15, 0.2) is 6.10 Å². The summed E-state index contributed by atoms with van der Waals surface area (Å²) in [5, 5.41) is 18.0. The quantitative estimate of drug-likeness (QED) is 0.0519. The molecule has 0 aromatic heterocycles. The van der Waals surface area contributed by atoms with Gasteiger partial charge in [-0.2, -0.15) is 0 Å². The Kier molecular flexibility index (Phi) is 25.1. The van der Waals surface area contributed by atoms with E-state index in [1.54, 1.807) is 0 Å². The van der Waals surface area contributed by atoms with Crippen LogP contribution in [-0.4, -0.2) is 65.7 Å². The molecule has 0 heterocycles. The van der Waals surface area contributed by atoms with Gasteiger partial charge in [0.1, 0.15) is 12.7 Å². The van der Waals surface area contributed by atoms with Crippen molar-refractivity contribution >= 4 is 19.8 Å². The van der Waals surface area contributed by atoms with Crippen LogP contribution >= 0.6 is 7.82 Å². The van der Waals surface area contributed by atoms with Gasteiger partial charge < -0.3 is 24.6 Å². The first-order chi connectivity index (χ1) is 19.7. The van der Waals surface area contributed by atoms with E-state index in [4.69, 9.17) is 19.1 Å². The molecule has 3 N–H and O–H groups in total. The Balaban J connectivity index is 4.09. The lowest BCUT2D eigenvalue weighted by atomic mass is 10.1. The Morgan fingerprint density at radius 2 is 1.32 bits per heavy atom. The molecule has 10 nitrogen and oxygen atoms in total. The lowest BCUT2D eigenvalue weighted by Gasteiger charge is -2.20. The molecular formula is C30H49O10P. The first-order valence-corrected chi connectivity index (χ1v) is 15.7. The van der Waals surface area contributed by atoms with Gasteiger partial charge in [-0.3, -0.25) is 18.6 Å². The zero-order valence-corrected chi connectivity index (χ0v) is 25.4. The maximum atomic E-state index is 12.2. The van der Waals surface area contributed by atoms with Crippen molar-refractivity contribution in [3.63, 3.8) is 0 Å². The summed E-state index contributed by atoms with van der Waals surface area (Å²) in [6, 6.07) is 0. The molecule has 0 aromatic rings. The standard InChI is InChI=1S/C30H49O10P/c1-3-4-5-6-7-8-9-10-11-12-13-14-15-16-17-18-19-20-21-22-30(34)40-29(25-37-27(2)32)26-39-41(35,36)38-24-28(33)23-31/h4-5,7-8,10-11,13-14,16-17,28-29,31,33H,3,6,9,12,15,18-26H2,1-2H3,(H,35,36)/b5-4-,8-7-,11-10-,14-13-,17-16-. The number of ether oxygens (including phenoxy) is 2. The van der Waals surface area contributed by atoms with Gasteiger partial charge in [0.05, 0.1) is 19.8 Å². The third kappa shape index (κ3) is 27.6. The van der Waals surface area contributed by atoms with E-state index in [0.29, 0.717) is 6.42 Å². The van der Waals surface area contributed by atoms with Gasteiger partial charge in [0.2, 0.25) is 0 Å². The highest BCUT2D eigenvalue weighted by molar-refractivity contribution is 7.47. The van der Waals surface area contributed by atoms with Crippen molar-refractivity contribution in [2.45, 2.75) is 90.3 Å². The van der Waals surface area contributed by atoms with Crippen molar-refractivity contribution < 1.29 is 47.8 Å². The number of allylic oxidation sites excluding steroid dienone is 10. The van der Waals surface area contributed by atoms with Crippen LogP contribution in [0.2, 0.25) is 0 Å². The molecule has 11 heteroatoms. The van der Waals surface area contributed by atoms with E-state index in [0.717, 1.165) is 51.4 Å². The van der Waals surface area contributed by atoms with E-state index in [2.05, 4.69) is 72.2 Å². The SMILES string of the molecule is CC/C=C\C/C=C\C/C=C\C/C=C\C/C=C\CCCCCC(=O)OC(COC(C)=O)COP(=O)(O)OCC(O)CO. The summed E-state index contributed by atoms with van der Waals surface area (Å²) in [5.41, 5.74) is 0. The van der Waals surface area contributed by atoms with E-state index in [1.807, 2.05) is 0 Å². The van der Waals surface area contributed by atoms with Crippen molar-refractivity contribution in [2.75, 3.05) is 26.4 Å². The minimum absolute atomic E-state index is 0.137. The van der Waals surface area contributed by atoms with Crippen LogP contribution in [0, 0.1) is 0 Å². The Labute approximate surface area is 245 Å². The van der Waals surface area contributed by atoms with Crippen molar-refractivity contribution in [2.24, 2.45) is 0 Å². The zero-order valence-electron chi connectivity index (χ0n) is 24.5. The van der Waals surface area contributed by atoms with Crippen molar-refractivity contribution in [3.05, 3.63) is 60.8 Å². The van der Waals surface area contributed by atoms with Crippen LogP contribution in [0.15, 0.2) is 60.8 Å². The van der Waals surface area contributed by atoms with Gasteiger partial charge in [-0.1, -0.05) is 74.1 Å². The van der Waals surface area contributed by atoms with Crippen LogP contribution in [0.1, 0.15) is 78.1 Å². The topological polar surface area (TPSA) is 149 Å². The van der Waals surface area contributed by atoms with Gasteiger partial charge in [-0.05, 0) is 51.4 Å². The number of hydrogen-bond acceptors (Lipinski definition) is 9. The van der Waals surface area contributed by atoms with Crippen molar-refractivity contribution in [3.8, 4) is 0 Å². The first kappa shape index (κ1) is 38.7. The van der Waals surface area contributed by atoms with Crippen LogP contribution in [0.5, 0.6) is 0 Å². The predicted molar refractivity (Wildman–Crippen MR) is 159 cm³/mol. The van der Waals surface area contributed by atoms with E-state index in [9.17, 15) is 24.2 Å². The fraction of sp³-hybridized carbons (Fsp3) is 0.600. The normalized spacial score (nSPS) is 15.3. The smallest absolute Gasteiger partial charge is 0.462 e. The van der Waals surface area contributed by atoms with Gasteiger partial charge >= 0.3 is 19.8 Å². The van der Waals surface area contributed by atoms with Gasteiger partial charge in [0, 0.05) is 13.3 Å². The average molecular weight is 601 g/mol. The number of carbonyl (C=O) groups excluding carboxylic acids is 2. The van der Waals surface area contributed by atoms with Crippen molar-refractivity contribution in [1.82, 2.24) is 0 Å². The van der Waals surface area contributed by atoms with Crippen LogP contribution < -0.4 is 0 Å². The van der Waals surface area contributed by atoms with Crippen LogP contribution in [-0.2, 0) is 32.7 Å². The summed E-state index contributed by atoms with van der Waals surface area (Å²) in [5.74, 6) is -1.17. The highest BCUT2D eigenvalue weighted by Crippen LogP contribution is 2.43. The molecule has 0 spiro atoms. The van der Waals surface area contributed by atoms with Crippen LogP contribution in [0.3, 0.4) is 0 Å². The molecule has 0 aliphatic carbocycles. The summed E-state index contributed by atoms with van der Waals surface area (Å²) in [4.78, 5) is 32.9. The first-order valence-electron chi connectivity index (χ1n) is 14.2. The molecule has 0 amide bonds. The molecule has 41 heavy (non-hydrogen) atoms. The average Bonchev–Trinajstić information content (AvgIpc) is 2.94. The number of aliphatic hydroxyl groups excluding tert-OH is 2. The fourth-order valence-corrected chi connectivity index (χ4v) is 3.89. The minimum Gasteiger partial charge on any atom is -0.462 e. The zero-order chi connectivity index (χ0) is 30.6. The van der Waals surface area contributed by atoms with Gasteiger partial charge in [-0.15, -0.1) is 0 Å². The number of phosphoric acid groups is 1. The Hall–Kier alpha value is -2.33. The molecule has 0 aliphatic rings. The summed E-state index contributed by atoms with van der Waals surface area (Å²) >= 11 is 0. The number of esters is 2. The maximum Gasteiger partial charge on any atom is 0.472 e. The highest BCUT2D eigenvalue weighted by Gasteiger charge is 2.26. The molecule has 0 rings (SSSR count). The third-order valence-corrected chi connectivity index (χ3v) is 6.20. The van der Waals surface area contributed by atoms with E-state index in [-0.39, 0.29) is 13.0 Å². The molecule has 3 atom stereocenters. The summed E-state index contributed by atoms with van der Waals surface area (Å²) < 4.78 is 31.3. The monoisotopic (exact) mass is 600 g/mol. The summed E-state index contributed by atoms with van der Waals surface area (Å²) in [7, 11) is -4.58. The molecule has 0 saturated heterocycles. The fourth-order valence-electron chi connectivity index (χ4n) is 3.10. The van der Waals surface area contributed by atoms with Gasteiger partial charge in [-0.25, -0.2) is 4.57 Å².